The van der Waals surface area contributed by atoms with Gasteiger partial charge >= 0.3 is 0 Å². The van der Waals surface area contributed by atoms with E-state index in [-0.39, 0.29) is 12.5 Å². The molecule has 0 aliphatic rings. The number of aliphatic imine (C=N–C) groups is 1. The van der Waals surface area contributed by atoms with E-state index < -0.39 is 0 Å². The number of carbonyl (C=O) groups excluding carboxylic acids is 1. The monoisotopic (exact) mass is 364 g/mol. The number of carbonyl (C=O) groups is 1. The van der Waals surface area contributed by atoms with Crippen LogP contribution in [0.15, 0.2) is 53.5 Å². The quantitative estimate of drug-likeness (QED) is 0.401. The van der Waals surface area contributed by atoms with Crippen molar-refractivity contribution in [1.29, 1.82) is 0 Å². The molecule has 27 heavy (non-hydrogen) atoms. The summed E-state index contributed by atoms with van der Waals surface area (Å²) in [5, 5.41) is 8.95. The Morgan fingerprint density at radius 2 is 2.00 bits per heavy atom. The van der Waals surface area contributed by atoms with Crippen LogP contribution in [0.4, 0.5) is 5.69 Å². The largest absolute Gasteiger partial charge is 0.496 e. The summed E-state index contributed by atoms with van der Waals surface area (Å²) in [7, 11) is 1.63. The molecule has 0 fully saturated rings. The number of anilines is 1. The number of benzene rings is 2. The van der Waals surface area contributed by atoms with E-state index in [0.29, 0.717) is 30.3 Å². The maximum Gasteiger partial charge on any atom is 0.243 e. The van der Waals surface area contributed by atoms with Gasteiger partial charge in [-0.3, -0.25) is 4.79 Å². The second-order valence-electron chi connectivity index (χ2n) is 5.63. The summed E-state index contributed by atoms with van der Waals surface area (Å²) < 4.78 is 5.33. The molecule has 2 aromatic carbocycles. The van der Waals surface area contributed by atoms with Crippen LogP contribution in [-0.4, -0.2) is 32.1 Å². The van der Waals surface area contributed by atoms with Crippen LogP contribution in [0.25, 0.3) is 0 Å². The summed E-state index contributed by atoms with van der Waals surface area (Å²) in [5.74, 6) is 3.69. The lowest BCUT2D eigenvalue weighted by atomic mass is 10.2. The highest BCUT2D eigenvalue weighted by molar-refractivity contribution is 5.95. The van der Waals surface area contributed by atoms with E-state index in [4.69, 9.17) is 11.2 Å². The van der Waals surface area contributed by atoms with E-state index in [2.05, 4.69) is 26.9 Å². The van der Waals surface area contributed by atoms with Crippen molar-refractivity contribution in [3.05, 3.63) is 59.7 Å². The summed E-state index contributed by atoms with van der Waals surface area (Å²) in [6, 6.07) is 14.8. The number of methoxy groups -OCH3 is 1. The van der Waals surface area contributed by atoms with Crippen LogP contribution in [0.3, 0.4) is 0 Å². The average molecular weight is 364 g/mol. The Kier molecular flexibility index (Phi) is 7.73. The Labute approximate surface area is 160 Å². The predicted molar refractivity (Wildman–Crippen MR) is 109 cm³/mol. The SMILES string of the molecule is C#Cc1cccc(NC(=O)CNC(=NCc2ccccc2OC)NCC)c1. The number of ether oxygens (including phenoxy) is 1. The van der Waals surface area contributed by atoms with Crippen molar-refractivity contribution in [2.75, 3.05) is 25.5 Å². The Hall–Kier alpha value is -3.46. The first-order valence-electron chi connectivity index (χ1n) is 8.67. The smallest absolute Gasteiger partial charge is 0.243 e. The molecule has 1 amide bonds. The molecule has 0 unspecified atom stereocenters. The van der Waals surface area contributed by atoms with E-state index in [1.54, 1.807) is 25.3 Å². The first-order chi connectivity index (χ1) is 13.2. The van der Waals surface area contributed by atoms with Crippen LogP contribution < -0.4 is 20.7 Å². The molecule has 6 nitrogen and oxygen atoms in total. The van der Waals surface area contributed by atoms with Gasteiger partial charge in [-0.15, -0.1) is 6.42 Å². The van der Waals surface area contributed by atoms with Gasteiger partial charge in [0.05, 0.1) is 20.2 Å². The van der Waals surface area contributed by atoms with Crippen molar-refractivity contribution < 1.29 is 9.53 Å². The average Bonchev–Trinajstić information content (AvgIpc) is 2.70. The zero-order valence-electron chi connectivity index (χ0n) is 15.6. The fraction of sp³-hybridized carbons (Fsp3) is 0.238. The van der Waals surface area contributed by atoms with E-state index in [9.17, 15) is 4.79 Å². The van der Waals surface area contributed by atoms with E-state index in [1.807, 2.05) is 37.3 Å². The van der Waals surface area contributed by atoms with Gasteiger partial charge in [-0.05, 0) is 31.2 Å². The molecule has 0 saturated carbocycles. The second kappa shape index (κ2) is 10.5. The molecule has 0 aliphatic heterocycles. The van der Waals surface area contributed by atoms with Gasteiger partial charge in [0.1, 0.15) is 5.75 Å². The highest BCUT2D eigenvalue weighted by atomic mass is 16.5. The van der Waals surface area contributed by atoms with E-state index in [1.165, 1.54) is 0 Å². The highest BCUT2D eigenvalue weighted by Crippen LogP contribution is 2.17. The molecule has 2 aromatic rings. The van der Waals surface area contributed by atoms with Crippen molar-refractivity contribution in [3.63, 3.8) is 0 Å². The van der Waals surface area contributed by atoms with Crippen LogP contribution in [0.5, 0.6) is 5.75 Å². The lowest BCUT2D eigenvalue weighted by Crippen LogP contribution is -2.41. The summed E-state index contributed by atoms with van der Waals surface area (Å²) >= 11 is 0. The minimum atomic E-state index is -0.188. The number of rotatable bonds is 7. The molecule has 0 atom stereocenters. The normalized spacial score (nSPS) is 10.6. The predicted octanol–water partition coefficient (Wildman–Crippen LogP) is 2.37. The molecule has 0 heterocycles. The molecule has 3 N–H and O–H groups in total. The van der Waals surface area contributed by atoms with Crippen LogP contribution in [0.2, 0.25) is 0 Å². The third-order valence-electron chi connectivity index (χ3n) is 3.67. The van der Waals surface area contributed by atoms with Gasteiger partial charge < -0.3 is 20.7 Å². The van der Waals surface area contributed by atoms with E-state index >= 15 is 0 Å². The molecule has 0 radical (unpaired) electrons. The Balaban J connectivity index is 1.94. The maximum absolute atomic E-state index is 12.2. The van der Waals surface area contributed by atoms with Crippen molar-refractivity contribution in [2.45, 2.75) is 13.5 Å². The van der Waals surface area contributed by atoms with Gasteiger partial charge in [0.2, 0.25) is 5.91 Å². The van der Waals surface area contributed by atoms with Crippen LogP contribution in [0.1, 0.15) is 18.1 Å². The van der Waals surface area contributed by atoms with Gasteiger partial charge in [0.15, 0.2) is 5.96 Å². The number of para-hydroxylation sites is 1. The highest BCUT2D eigenvalue weighted by Gasteiger charge is 2.06. The van der Waals surface area contributed by atoms with Crippen molar-refractivity contribution in [2.24, 2.45) is 4.99 Å². The van der Waals surface area contributed by atoms with Gasteiger partial charge in [-0.2, -0.15) is 0 Å². The first-order valence-corrected chi connectivity index (χ1v) is 8.67. The Morgan fingerprint density at radius 3 is 2.74 bits per heavy atom. The molecular formula is C21H24N4O2. The molecule has 2 rings (SSSR count). The molecule has 6 heteroatoms. The Morgan fingerprint density at radius 1 is 1.19 bits per heavy atom. The first kappa shape index (κ1) is 19.9. The van der Waals surface area contributed by atoms with Crippen LogP contribution in [-0.2, 0) is 11.3 Å². The van der Waals surface area contributed by atoms with Gasteiger partial charge in [0, 0.05) is 23.4 Å². The number of nitrogens with zero attached hydrogens (tertiary/aromatic N) is 1. The molecule has 0 aromatic heterocycles. The van der Waals surface area contributed by atoms with Gasteiger partial charge in [0.25, 0.3) is 0 Å². The number of amides is 1. The number of terminal acetylenes is 1. The van der Waals surface area contributed by atoms with Crippen molar-refractivity contribution in [1.82, 2.24) is 10.6 Å². The topological polar surface area (TPSA) is 74.8 Å². The van der Waals surface area contributed by atoms with Crippen molar-refractivity contribution in [3.8, 4) is 18.1 Å². The fourth-order valence-electron chi connectivity index (χ4n) is 2.40. The fourth-order valence-corrected chi connectivity index (χ4v) is 2.40. The second-order valence-corrected chi connectivity index (χ2v) is 5.63. The number of nitrogens with one attached hydrogen (secondary N) is 3. The molecule has 0 aliphatic carbocycles. The zero-order valence-corrected chi connectivity index (χ0v) is 15.6. The summed E-state index contributed by atoms with van der Waals surface area (Å²) in [4.78, 5) is 16.7. The lowest BCUT2D eigenvalue weighted by molar-refractivity contribution is -0.115. The summed E-state index contributed by atoms with van der Waals surface area (Å²) in [6.45, 7) is 3.17. The molecule has 0 saturated heterocycles. The third kappa shape index (κ3) is 6.40. The maximum atomic E-state index is 12.2. The third-order valence-corrected chi connectivity index (χ3v) is 3.67. The number of hydrogen-bond donors (Lipinski definition) is 3. The molecule has 0 bridgehead atoms. The van der Waals surface area contributed by atoms with Crippen LogP contribution in [0, 0.1) is 12.3 Å². The molecule has 0 spiro atoms. The van der Waals surface area contributed by atoms with E-state index in [0.717, 1.165) is 11.3 Å². The summed E-state index contributed by atoms with van der Waals surface area (Å²) in [5.41, 5.74) is 2.34. The van der Waals surface area contributed by atoms with Crippen molar-refractivity contribution >= 4 is 17.6 Å². The molecular weight excluding hydrogens is 340 g/mol. The Bertz CT molecular complexity index is 840. The zero-order chi connectivity index (χ0) is 19.5. The standard InChI is InChI=1S/C21H24N4O2/c1-4-16-9-8-11-18(13-16)25-20(26)15-24-21(22-5-2)23-14-17-10-6-7-12-19(17)27-3/h1,6-13H,5,14-15H2,2-3H3,(H,25,26)(H2,22,23,24). The lowest BCUT2D eigenvalue weighted by Gasteiger charge is -2.12. The van der Waals surface area contributed by atoms with Gasteiger partial charge in [-0.25, -0.2) is 4.99 Å². The number of hydrogen-bond acceptors (Lipinski definition) is 3. The number of guanidine groups is 1. The summed E-state index contributed by atoms with van der Waals surface area (Å²) in [6.07, 6.45) is 5.38. The van der Waals surface area contributed by atoms with Crippen LogP contribution >= 0.6 is 0 Å². The molecule has 140 valence electrons. The minimum absolute atomic E-state index is 0.0814. The van der Waals surface area contributed by atoms with Gasteiger partial charge in [-0.1, -0.05) is 30.2 Å². The minimum Gasteiger partial charge on any atom is -0.496 e.